The first-order valence-electron chi connectivity index (χ1n) is 12.1. The number of carbonyl (C=O) groups is 1. The largest absolute Gasteiger partial charge is 0.481 e. The topological polar surface area (TPSA) is 40.5 Å². The van der Waals surface area contributed by atoms with Crippen LogP contribution >= 0.6 is 11.3 Å². The van der Waals surface area contributed by atoms with E-state index in [2.05, 4.69) is 41.5 Å². The van der Waals surface area contributed by atoms with Crippen LogP contribution in [-0.4, -0.2) is 22.5 Å². The maximum atomic E-state index is 13.2. The normalized spacial score (nSPS) is 19.0. The van der Waals surface area contributed by atoms with Crippen molar-refractivity contribution in [3.05, 3.63) is 94.9 Å². The number of carboxylic acid groups (broad SMARTS) is 1. The SMILES string of the molecule is C=C(C)C#C[C@H](c1ccc(-c2cccs2)cc1)N1CC[C@@H](CC(=O)O)C[C@H]1c1ccc(C(F)(F)F)cc1. The molecule has 1 aliphatic rings. The first kappa shape index (κ1) is 26.7. The third-order valence-electron chi connectivity index (χ3n) is 6.62. The molecule has 2 aromatic carbocycles. The molecule has 1 saturated heterocycles. The monoisotopic (exact) mass is 523 g/mol. The van der Waals surface area contributed by atoms with Crippen molar-refractivity contribution in [2.75, 3.05) is 6.54 Å². The first-order chi connectivity index (χ1) is 17.6. The third kappa shape index (κ3) is 6.71. The Balaban J connectivity index is 1.72. The molecule has 1 aromatic heterocycles. The molecule has 37 heavy (non-hydrogen) atoms. The molecule has 192 valence electrons. The average molecular weight is 524 g/mol. The number of piperidine rings is 1. The van der Waals surface area contributed by atoms with Crippen molar-refractivity contribution in [3.8, 4) is 22.3 Å². The number of benzene rings is 2. The van der Waals surface area contributed by atoms with Crippen molar-refractivity contribution in [1.29, 1.82) is 0 Å². The molecule has 0 unspecified atom stereocenters. The summed E-state index contributed by atoms with van der Waals surface area (Å²) < 4.78 is 39.6. The summed E-state index contributed by atoms with van der Waals surface area (Å²) in [7, 11) is 0. The smallest absolute Gasteiger partial charge is 0.416 e. The maximum Gasteiger partial charge on any atom is 0.416 e. The zero-order chi connectivity index (χ0) is 26.6. The highest BCUT2D eigenvalue weighted by molar-refractivity contribution is 7.13. The molecular formula is C30H28F3NO2S. The highest BCUT2D eigenvalue weighted by Gasteiger charge is 2.36. The van der Waals surface area contributed by atoms with Gasteiger partial charge in [0.15, 0.2) is 0 Å². The van der Waals surface area contributed by atoms with Gasteiger partial charge in [0.05, 0.1) is 11.6 Å². The summed E-state index contributed by atoms with van der Waals surface area (Å²) in [4.78, 5) is 14.8. The second kappa shape index (κ2) is 11.4. The van der Waals surface area contributed by atoms with E-state index in [0.29, 0.717) is 25.0 Å². The Hall–Kier alpha value is -3.34. The number of aliphatic carboxylic acids is 1. The Labute approximate surface area is 219 Å². The Morgan fingerprint density at radius 3 is 2.43 bits per heavy atom. The molecule has 2 heterocycles. The van der Waals surface area contributed by atoms with Crippen molar-refractivity contribution in [2.45, 2.75) is 44.4 Å². The lowest BCUT2D eigenvalue weighted by Gasteiger charge is -2.42. The van der Waals surface area contributed by atoms with Gasteiger partial charge in [-0.2, -0.15) is 13.2 Å². The van der Waals surface area contributed by atoms with Crippen LogP contribution in [0.1, 0.15) is 55.0 Å². The number of likely N-dealkylation sites (tertiary alicyclic amines) is 1. The van der Waals surface area contributed by atoms with E-state index in [1.54, 1.807) is 11.3 Å². The summed E-state index contributed by atoms with van der Waals surface area (Å²) in [5, 5.41) is 11.4. The number of thiophene rings is 1. The number of hydrogen-bond acceptors (Lipinski definition) is 3. The van der Waals surface area contributed by atoms with Crippen LogP contribution in [0, 0.1) is 17.8 Å². The predicted octanol–water partition coefficient (Wildman–Crippen LogP) is 7.98. The minimum Gasteiger partial charge on any atom is -0.481 e. The van der Waals surface area contributed by atoms with Crippen LogP contribution in [0.2, 0.25) is 0 Å². The Morgan fingerprint density at radius 1 is 1.16 bits per heavy atom. The van der Waals surface area contributed by atoms with Gasteiger partial charge in [0, 0.05) is 23.9 Å². The third-order valence-corrected chi connectivity index (χ3v) is 7.54. The van der Waals surface area contributed by atoms with E-state index in [9.17, 15) is 23.1 Å². The van der Waals surface area contributed by atoms with Crippen molar-refractivity contribution < 1.29 is 23.1 Å². The number of nitrogens with zero attached hydrogens (tertiary/aromatic N) is 1. The number of alkyl halides is 3. The van der Waals surface area contributed by atoms with Crippen molar-refractivity contribution >= 4 is 17.3 Å². The average Bonchev–Trinajstić information content (AvgIpc) is 3.39. The Bertz CT molecular complexity index is 1290. The zero-order valence-electron chi connectivity index (χ0n) is 20.5. The molecule has 0 aliphatic carbocycles. The summed E-state index contributed by atoms with van der Waals surface area (Å²) in [6.45, 7) is 6.31. The van der Waals surface area contributed by atoms with Gasteiger partial charge in [-0.1, -0.05) is 60.9 Å². The Morgan fingerprint density at radius 2 is 1.86 bits per heavy atom. The molecular weight excluding hydrogens is 495 g/mol. The molecule has 4 rings (SSSR count). The highest BCUT2D eigenvalue weighted by atomic mass is 32.1. The first-order valence-corrected chi connectivity index (χ1v) is 13.0. The fourth-order valence-electron chi connectivity index (χ4n) is 4.84. The Kier molecular flexibility index (Phi) is 8.21. The molecule has 3 aromatic rings. The highest BCUT2D eigenvalue weighted by Crippen LogP contribution is 2.42. The second-order valence-corrected chi connectivity index (χ2v) is 10.4. The molecule has 7 heteroatoms. The quantitative estimate of drug-likeness (QED) is 0.333. The molecule has 0 bridgehead atoms. The second-order valence-electron chi connectivity index (χ2n) is 9.41. The number of carboxylic acids is 1. The molecule has 1 N–H and O–H groups in total. The lowest BCUT2D eigenvalue weighted by Crippen LogP contribution is -2.39. The summed E-state index contributed by atoms with van der Waals surface area (Å²) in [5.41, 5.74) is 2.81. The van der Waals surface area contributed by atoms with E-state index in [-0.39, 0.29) is 24.4 Å². The molecule has 0 spiro atoms. The zero-order valence-corrected chi connectivity index (χ0v) is 21.3. The van der Waals surface area contributed by atoms with Gasteiger partial charge in [0.2, 0.25) is 0 Å². The fourth-order valence-corrected chi connectivity index (χ4v) is 5.57. The van der Waals surface area contributed by atoms with Gasteiger partial charge in [-0.3, -0.25) is 9.69 Å². The molecule has 3 atom stereocenters. The summed E-state index contributed by atoms with van der Waals surface area (Å²) in [5.74, 6) is 5.49. The lowest BCUT2D eigenvalue weighted by molar-refractivity contribution is -0.139. The van der Waals surface area contributed by atoms with Crippen LogP contribution in [0.5, 0.6) is 0 Å². The summed E-state index contributed by atoms with van der Waals surface area (Å²) in [6.07, 6.45) is -3.20. The van der Waals surface area contributed by atoms with E-state index >= 15 is 0 Å². The van der Waals surface area contributed by atoms with Gasteiger partial charge in [0.1, 0.15) is 0 Å². The van der Waals surface area contributed by atoms with E-state index in [1.807, 2.05) is 30.5 Å². The molecule has 0 saturated carbocycles. The molecule has 3 nitrogen and oxygen atoms in total. The summed E-state index contributed by atoms with van der Waals surface area (Å²) in [6, 6.07) is 16.9. The van der Waals surface area contributed by atoms with Crippen molar-refractivity contribution in [2.24, 2.45) is 5.92 Å². The molecule has 1 fully saturated rings. The number of hydrogen-bond donors (Lipinski definition) is 1. The van der Waals surface area contributed by atoms with Gasteiger partial charge in [-0.15, -0.1) is 11.3 Å². The van der Waals surface area contributed by atoms with E-state index in [4.69, 9.17) is 0 Å². The maximum absolute atomic E-state index is 13.2. The van der Waals surface area contributed by atoms with Gasteiger partial charge in [-0.05, 0) is 71.5 Å². The lowest BCUT2D eigenvalue weighted by atomic mass is 9.83. The van der Waals surface area contributed by atoms with Crippen molar-refractivity contribution in [1.82, 2.24) is 4.90 Å². The van der Waals surface area contributed by atoms with E-state index in [0.717, 1.165) is 33.7 Å². The van der Waals surface area contributed by atoms with Gasteiger partial charge < -0.3 is 5.11 Å². The number of rotatable bonds is 6. The van der Waals surface area contributed by atoms with Gasteiger partial charge >= 0.3 is 12.1 Å². The van der Waals surface area contributed by atoms with Crippen LogP contribution < -0.4 is 0 Å². The minimum atomic E-state index is -4.42. The van der Waals surface area contributed by atoms with Crippen LogP contribution in [0.3, 0.4) is 0 Å². The van der Waals surface area contributed by atoms with Crippen LogP contribution in [0.4, 0.5) is 13.2 Å². The van der Waals surface area contributed by atoms with Crippen molar-refractivity contribution in [3.63, 3.8) is 0 Å². The van der Waals surface area contributed by atoms with Crippen LogP contribution in [0.25, 0.3) is 10.4 Å². The van der Waals surface area contributed by atoms with Gasteiger partial charge in [0.25, 0.3) is 0 Å². The fraction of sp³-hybridized carbons (Fsp3) is 0.300. The molecule has 0 amide bonds. The number of halogens is 3. The summed E-state index contributed by atoms with van der Waals surface area (Å²) >= 11 is 1.66. The van der Waals surface area contributed by atoms with Gasteiger partial charge in [-0.25, -0.2) is 0 Å². The van der Waals surface area contributed by atoms with E-state index < -0.39 is 17.7 Å². The number of allylic oxidation sites excluding steroid dienone is 1. The van der Waals surface area contributed by atoms with E-state index in [1.165, 1.54) is 12.1 Å². The molecule has 0 radical (unpaired) electrons. The minimum absolute atomic E-state index is 0.0304. The predicted molar refractivity (Wildman–Crippen MR) is 141 cm³/mol. The van der Waals surface area contributed by atoms with Crippen LogP contribution in [0.15, 0.2) is 78.2 Å². The standard InChI is InChI=1S/C30H28F3NO2S/c1-20(2)5-14-26(22-6-8-24(9-7-22)28-4-3-17-37-28)34-16-15-21(19-29(35)36)18-27(34)23-10-12-25(13-11-23)30(31,32)33/h3-4,6-13,17,21,26-27H,1,15-16,18-19H2,2H3,(H,35,36)/t21-,26-,27+/m1/s1. The molecule has 1 aliphatic heterocycles. The van der Waals surface area contributed by atoms with Crippen LogP contribution in [-0.2, 0) is 11.0 Å².